The molecule has 3 N–H and O–H groups in total. The number of nitrogens with one attached hydrogen (secondary N) is 1. The Morgan fingerprint density at radius 1 is 1.18 bits per heavy atom. The summed E-state index contributed by atoms with van der Waals surface area (Å²) in [6.07, 6.45) is 5.22. The summed E-state index contributed by atoms with van der Waals surface area (Å²) in [5, 5.41) is 24.7. The van der Waals surface area contributed by atoms with Crippen molar-refractivity contribution in [2.75, 3.05) is 42.6 Å². The SMILES string of the molecule is C[C@@H](/C=C/CC(=O)N1CCC[C@H]1CO)[C@]1(O)C(=O)N(Cc2ccccc2)c2ccc(N3CCNCC3=O)cc21. The average molecular weight is 533 g/mol. The molecule has 0 radical (unpaired) electrons. The van der Waals surface area contributed by atoms with Gasteiger partial charge >= 0.3 is 0 Å². The Bertz CT molecular complexity index is 1270. The van der Waals surface area contributed by atoms with E-state index in [1.54, 1.807) is 45.9 Å². The van der Waals surface area contributed by atoms with Crippen LogP contribution in [0, 0.1) is 5.92 Å². The van der Waals surface area contributed by atoms with E-state index in [4.69, 9.17) is 0 Å². The standard InChI is InChI=1S/C30H36N4O5/c1-21(7-5-11-27(36)32-15-6-10-24(32)20-35)30(39)25-17-23(33-16-14-31-18-28(33)37)12-13-26(25)34(29(30)38)19-22-8-3-2-4-9-22/h2-5,7-9,12-13,17,21,24,31,35,39H,6,10-11,14-16,18-20H2,1H3/b7-5+/t21-,24-,30+/m0/s1. The van der Waals surface area contributed by atoms with Crippen molar-refractivity contribution in [1.29, 1.82) is 0 Å². The van der Waals surface area contributed by atoms with Crippen molar-refractivity contribution >= 4 is 29.1 Å². The predicted octanol–water partition coefficient (Wildman–Crippen LogP) is 1.92. The molecule has 0 unspecified atom stereocenters. The second kappa shape index (κ2) is 11.3. The van der Waals surface area contributed by atoms with Crippen LogP contribution in [0.1, 0.15) is 37.3 Å². The Balaban J connectivity index is 1.44. The van der Waals surface area contributed by atoms with Crippen LogP contribution in [0.15, 0.2) is 60.7 Å². The average Bonchev–Trinajstić information content (AvgIpc) is 3.52. The molecule has 2 aromatic rings. The van der Waals surface area contributed by atoms with Crippen LogP contribution in [-0.2, 0) is 26.5 Å². The molecule has 39 heavy (non-hydrogen) atoms. The zero-order valence-electron chi connectivity index (χ0n) is 22.3. The summed E-state index contributed by atoms with van der Waals surface area (Å²) >= 11 is 0. The number of hydrogen-bond donors (Lipinski definition) is 3. The van der Waals surface area contributed by atoms with Crippen molar-refractivity contribution in [2.24, 2.45) is 5.92 Å². The summed E-state index contributed by atoms with van der Waals surface area (Å²) < 4.78 is 0. The first-order valence-corrected chi connectivity index (χ1v) is 13.7. The number of rotatable bonds is 8. The molecule has 3 atom stereocenters. The minimum atomic E-state index is -1.86. The lowest BCUT2D eigenvalue weighted by Gasteiger charge is -2.30. The van der Waals surface area contributed by atoms with Gasteiger partial charge in [0.25, 0.3) is 5.91 Å². The van der Waals surface area contributed by atoms with E-state index < -0.39 is 17.4 Å². The molecule has 3 aliphatic heterocycles. The van der Waals surface area contributed by atoms with E-state index in [2.05, 4.69) is 5.32 Å². The Morgan fingerprint density at radius 2 is 1.97 bits per heavy atom. The number of aliphatic hydroxyl groups excluding tert-OH is 1. The van der Waals surface area contributed by atoms with Crippen LogP contribution in [-0.4, -0.2) is 71.7 Å². The molecule has 2 fully saturated rings. The number of piperazine rings is 1. The normalized spacial score (nSPS) is 24.1. The molecule has 3 aliphatic rings. The first-order valence-electron chi connectivity index (χ1n) is 13.7. The monoisotopic (exact) mass is 532 g/mol. The third kappa shape index (κ3) is 5.09. The van der Waals surface area contributed by atoms with E-state index in [9.17, 15) is 24.6 Å². The molecule has 5 rings (SSSR count). The number of amides is 3. The van der Waals surface area contributed by atoms with E-state index in [0.717, 1.165) is 18.4 Å². The second-order valence-electron chi connectivity index (χ2n) is 10.6. The maximum absolute atomic E-state index is 13.9. The highest BCUT2D eigenvalue weighted by atomic mass is 16.3. The molecule has 0 saturated carbocycles. The number of fused-ring (bicyclic) bond motifs is 1. The molecule has 3 heterocycles. The number of benzene rings is 2. The van der Waals surface area contributed by atoms with E-state index >= 15 is 0 Å². The molecule has 0 bridgehead atoms. The maximum Gasteiger partial charge on any atom is 0.264 e. The lowest BCUT2D eigenvalue weighted by Crippen LogP contribution is -2.48. The van der Waals surface area contributed by atoms with Crippen LogP contribution in [0.4, 0.5) is 11.4 Å². The number of aliphatic hydroxyl groups is 2. The fraction of sp³-hybridized carbons (Fsp3) is 0.433. The third-order valence-corrected chi connectivity index (χ3v) is 8.12. The van der Waals surface area contributed by atoms with Gasteiger partial charge in [0.2, 0.25) is 11.8 Å². The quantitative estimate of drug-likeness (QED) is 0.448. The lowest BCUT2D eigenvalue weighted by atomic mass is 9.82. The number of likely N-dealkylation sites (tertiary alicyclic amines) is 1. The van der Waals surface area contributed by atoms with Gasteiger partial charge in [-0.25, -0.2) is 0 Å². The first kappa shape index (κ1) is 27.1. The van der Waals surface area contributed by atoms with Gasteiger partial charge < -0.3 is 30.2 Å². The second-order valence-corrected chi connectivity index (χ2v) is 10.6. The molecule has 9 nitrogen and oxygen atoms in total. The molecule has 0 aliphatic carbocycles. The van der Waals surface area contributed by atoms with Crippen molar-refractivity contribution in [3.05, 3.63) is 71.8 Å². The zero-order valence-corrected chi connectivity index (χ0v) is 22.3. The van der Waals surface area contributed by atoms with Crippen molar-refractivity contribution in [3.63, 3.8) is 0 Å². The number of hydrogen-bond acceptors (Lipinski definition) is 6. The van der Waals surface area contributed by atoms with Gasteiger partial charge in [0, 0.05) is 43.2 Å². The molecule has 0 spiro atoms. The highest BCUT2D eigenvalue weighted by Crippen LogP contribution is 2.47. The first-order chi connectivity index (χ1) is 18.8. The minimum absolute atomic E-state index is 0.0495. The smallest absolute Gasteiger partial charge is 0.264 e. The molecule has 3 amide bonds. The van der Waals surface area contributed by atoms with Gasteiger partial charge in [-0.2, -0.15) is 0 Å². The molecule has 9 heteroatoms. The summed E-state index contributed by atoms with van der Waals surface area (Å²) in [5.41, 5.74) is 0.772. The van der Waals surface area contributed by atoms with Crippen LogP contribution < -0.4 is 15.1 Å². The van der Waals surface area contributed by atoms with Crippen molar-refractivity contribution in [2.45, 2.75) is 44.4 Å². The van der Waals surface area contributed by atoms with Gasteiger partial charge in [-0.1, -0.05) is 49.4 Å². The lowest BCUT2D eigenvalue weighted by molar-refractivity contribution is -0.139. The predicted molar refractivity (Wildman–Crippen MR) is 148 cm³/mol. The number of anilines is 2. The Morgan fingerprint density at radius 3 is 2.72 bits per heavy atom. The van der Waals surface area contributed by atoms with Crippen LogP contribution in [0.2, 0.25) is 0 Å². The summed E-state index contributed by atoms with van der Waals surface area (Å²) in [4.78, 5) is 44.2. The van der Waals surface area contributed by atoms with E-state index in [1.807, 2.05) is 36.4 Å². The van der Waals surface area contributed by atoms with E-state index in [0.29, 0.717) is 43.1 Å². The fourth-order valence-electron chi connectivity index (χ4n) is 5.89. The molecule has 2 aromatic carbocycles. The van der Waals surface area contributed by atoms with Crippen LogP contribution >= 0.6 is 0 Å². The van der Waals surface area contributed by atoms with Crippen molar-refractivity contribution in [1.82, 2.24) is 10.2 Å². The van der Waals surface area contributed by atoms with Crippen LogP contribution in [0.5, 0.6) is 0 Å². The Hall–Kier alpha value is -3.53. The highest BCUT2D eigenvalue weighted by molar-refractivity contribution is 6.08. The molecule has 0 aromatic heterocycles. The fourth-order valence-corrected chi connectivity index (χ4v) is 5.89. The van der Waals surface area contributed by atoms with E-state index in [1.165, 1.54) is 0 Å². The van der Waals surface area contributed by atoms with Gasteiger partial charge in [0.1, 0.15) is 0 Å². The summed E-state index contributed by atoms with van der Waals surface area (Å²) in [7, 11) is 0. The Labute approximate surface area is 228 Å². The molecule has 2 saturated heterocycles. The zero-order chi connectivity index (χ0) is 27.6. The minimum Gasteiger partial charge on any atom is -0.394 e. The third-order valence-electron chi connectivity index (χ3n) is 8.12. The molecule has 206 valence electrons. The van der Waals surface area contributed by atoms with E-state index in [-0.39, 0.29) is 37.4 Å². The van der Waals surface area contributed by atoms with Gasteiger partial charge in [-0.15, -0.1) is 0 Å². The van der Waals surface area contributed by atoms with Crippen LogP contribution in [0.3, 0.4) is 0 Å². The maximum atomic E-state index is 13.9. The van der Waals surface area contributed by atoms with Crippen LogP contribution in [0.25, 0.3) is 0 Å². The largest absolute Gasteiger partial charge is 0.394 e. The van der Waals surface area contributed by atoms with Gasteiger partial charge in [-0.05, 0) is 36.6 Å². The van der Waals surface area contributed by atoms with Gasteiger partial charge in [0.15, 0.2) is 5.60 Å². The van der Waals surface area contributed by atoms with Crippen molar-refractivity contribution < 1.29 is 24.6 Å². The van der Waals surface area contributed by atoms with Gasteiger partial charge in [-0.3, -0.25) is 14.4 Å². The van der Waals surface area contributed by atoms with Gasteiger partial charge in [0.05, 0.1) is 31.4 Å². The summed E-state index contributed by atoms with van der Waals surface area (Å²) in [6, 6.07) is 14.8. The summed E-state index contributed by atoms with van der Waals surface area (Å²) in [6.45, 7) is 4.05. The Kier molecular flexibility index (Phi) is 7.83. The number of nitrogens with zero attached hydrogens (tertiary/aromatic N) is 3. The summed E-state index contributed by atoms with van der Waals surface area (Å²) in [5.74, 6) is -1.22. The van der Waals surface area contributed by atoms with Crippen molar-refractivity contribution in [3.8, 4) is 0 Å². The molecular weight excluding hydrogens is 496 g/mol. The topological polar surface area (TPSA) is 113 Å². The highest BCUT2D eigenvalue weighted by Gasteiger charge is 2.52. The number of carbonyl (C=O) groups is 3. The molecular formula is C30H36N4O5. The number of carbonyl (C=O) groups excluding carboxylic acids is 3.